The van der Waals surface area contributed by atoms with Crippen LogP contribution < -0.4 is 10.6 Å². The number of benzene rings is 3. The molecule has 2 aromatic heterocycles. The van der Waals surface area contributed by atoms with Crippen LogP contribution in [0.4, 0.5) is 34.9 Å². The molecule has 4 N–H and O–H groups in total. The van der Waals surface area contributed by atoms with E-state index in [1.54, 1.807) is 0 Å². The fourth-order valence-corrected chi connectivity index (χ4v) is 3.52. The summed E-state index contributed by atoms with van der Waals surface area (Å²) in [6, 6.07) is 24.6. The monoisotopic (exact) mass is 500 g/mol. The maximum atomic E-state index is 10.3. The Morgan fingerprint density at radius 2 is 1.36 bits per heavy atom. The van der Waals surface area contributed by atoms with Crippen LogP contribution in [-0.2, 0) is 0 Å². The number of azo groups is 1. The molecule has 0 saturated heterocycles. The van der Waals surface area contributed by atoms with Crippen LogP contribution in [-0.4, -0.2) is 25.0 Å². The second kappa shape index (κ2) is 9.05. The summed E-state index contributed by atoms with van der Waals surface area (Å²) in [6.45, 7) is 0. The van der Waals surface area contributed by atoms with Crippen molar-refractivity contribution in [3.05, 3.63) is 83.3 Å². The lowest BCUT2D eigenvalue weighted by Crippen LogP contribution is -2.03. The molecule has 0 aliphatic carbocycles. The minimum Gasteiger partial charge on any atom is -0.493 e. The number of H-pyrrole nitrogens is 1. The number of nitrogens with zero attached hydrogens (tertiary/aromatic N) is 5. The molecule has 0 atom stereocenters. The molecular formula is C23H17BrN8O. The van der Waals surface area contributed by atoms with Crippen molar-refractivity contribution in [2.75, 3.05) is 10.6 Å². The van der Waals surface area contributed by atoms with Gasteiger partial charge >= 0.3 is 0 Å². The van der Waals surface area contributed by atoms with Crippen molar-refractivity contribution in [2.24, 2.45) is 10.2 Å². The van der Waals surface area contributed by atoms with E-state index in [4.69, 9.17) is 0 Å². The van der Waals surface area contributed by atoms with E-state index in [0.29, 0.717) is 23.0 Å². The third-order valence-electron chi connectivity index (χ3n) is 4.64. The van der Waals surface area contributed by atoms with Crippen LogP contribution in [0.3, 0.4) is 0 Å². The zero-order valence-electron chi connectivity index (χ0n) is 17.1. The van der Waals surface area contributed by atoms with E-state index in [1.807, 2.05) is 78.9 Å². The first-order chi connectivity index (χ1) is 16.1. The molecule has 10 heteroatoms. The summed E-state index contributed by atoms with van der Waals surface area (Å²) in [5.41, 5.74) is 2.66. The second-order valence-corrected chi connectivity index (χ2v) is 7.89. The summed E-state index contributed by atoms with van der Waals surface area (Å²) in [7, 11) is 0. The number of rotatable bonds is 6. The van der Waals surface area contributed by atoms with Crippen molar-refractivity contribution in [1.29, 1.82) is 0 Å². The van der Waals surface area contributed by atoms with Gasteiger partial charge in [-0.2, -0.15) is 15.0 Å². The second-order valence-electron chi connectivity index (χ2n) is 6.98. The highest BCUT2D eigenvalue weighted by Crippen LogP contribution is 2.37. The Morgan fingerprint density at radius 3 is 1.97 bits per heavy atom. The number of halogens is 1. The van der Waals surface area contributed by atoms with Crippen molar-refractivity contribution in [3.63, 3.8) is 0 Å². The molecule has 0 unspecified atom stereocenters. The molecule has 0 spiro atoms. The third kappa shape index (κ3) is 4.80. The largest absolute Gasteiger partial charge is 0.493 e. The zero-order chi connectivity index (χ0) is 22.6. The standard InChI is InChI=1S/C23H17BrN8O/c24-14-11-12-18-17(13-14)19(20(33)27-18)31-32-23-29-21(25-15-7-3-1-4-8-15)28-22(30-23)26-16-9-5-2-6-10-16/h1-13,27,33H,(H2,25,26,28,29,30). The summed E-state index contributed by atoms with van der Waals surface area (Å²) >= 11 is 3.44. The number of para-hydroxylation sites is 2. The van der Waals surface area contributed by atoms with Gasteiger partial charge in [-0.05, 0) is 42.5 Å². The highest BCUT2D eigenvalue weighted by molar-refractivity contribution is 9.10. The van der Waals surface area contributed by atoms with Crippen LogP contribution in [0, 0.1) is 0 Å². The van der Waals surface area contributed by atoms with E-state index in [2.05, 4.69) is 56.7 Å². The SMILES string of the molecule is Oc1[nH]c2ccc(Br)cc2c1N=Nc1nc(Nc2ccccc2)nc(Nc2ccccc2)n1. The number of nitrogens with one attached hydrogen (secondary N) is 3. The van der Waals surface area contributed by atoms with Crippen molar-refractivity contribution in [3.8, 4) is 5.88 Å². The van der Waals surface area contributed by atoms with Crippen LogP contribution in [0.25, 0.3) is 10.9 Å². The van der Waals surface area contributed by atoms with Gasteiger partial charge in [-0.15, -0.1) is 10.2 Å². The Kier molecular flexibility index (Phi) is 5.64. The van der Waals surface area contributed by atoms with Gasteiger partial charge in [-0.25, -0.2) is 0 Å². The van der Waals surface area contributed by atoms with E-state index in [0.717, 1.165) is 21.4 Å². The molecule has 0 aliphatic rings. The number of hydrogen-bond acceptors (Lipinski definition) is 8. The van der Waals surface area contributed by atoms with E-state index in [9.17, 15) is 5.11 Å². The summed E-state index contributed by atoms with van der Waals surface area (Å²) in [5, 5.41) is 25.7. The van der Waals surface area contributed by atoms with Gasteiger partial charge in [0.1, 0.15) is 0 Å². The van der Waals surface area contributed by atoms with Gasteiger partial charge in [-0.3, -0.25) is 0 Å². The lowest BCUT2D eigenvalue weighted by Gasteiger charge is -2.08. The molecular weight excluding hydrogens is 484 g/mol. The van der Waals surface area contributed by atoms with Gasteiger partial charge < -0.3 is 20.7 Å². The summed E-state index contributed by atoms with van der Waals surface area (Å²) in [6.07, 6.45) is 0. The molecule has 0 saturated carbocycles. The van der Waals surface area contributed by atoms with Crippen molar-refractivity contribution in [2.45, 2.75) is 0 Å². The first kappa shape index (κ1) is 20.6. The predicted octanol–water partition coefficient (Wildman–Crippen LogP) is 6.72. The smallest absolute Gasteiger partial charge is 0.275 e. The quantitative estimate of drug-likeness (QED) is 0.192. The highest BCUT2D eigenvalue weighted by atomic mass is 79.9. The Bertz CT molecular complexity index is 1380. The van der Waals surface area contributed by atoms with E-state index < -0.39 is 0 Å². The molecule has 0 radical (unpaired) electrons. The maximum Gasteiger partial charge on any atom is 0.275 e. The van der Waals surface area contributed by atoms with Crippen molar-refractivity contribution in [1.82, 2.24) is 19.9 Å². The van der Waals surface area contributed by atoms with Crippen LogP contribution in [0.1, 0.15) is 0 Å². The van der Waals surface area contributed by atoms with Gasteiger partial charge in [0.2, 0.25) is 17.8 Å². The van der Waals surface area contributed by atoms with Crippen molar-refractivity contribution >= 4 is 61.7 Å². The fraction of sp³-hybridized carbons (Fsp3) is 0. The molecule has 3 aromatic carbocycles. The fourth-order valence-electron chi connectivity index (χ4n) is 3.15. The van der Waals surface area contributed by atoms with Gasteiger partial charge in [0.25, 0.3) is 5.95 Å². The molecule has 0 fully saturated rings. The van der Waals surface area contributed by atoms with Crippen LogP contribution >= 0.6 is 15.9 Å². The normalized spacial score (nSPS) is 11.2. The first-order valence-electron chi connectivity index (χ1n) is 9.96. The number of hydrogen-bond donors (Lipinski definition) is 4. The Morgan fingerprint density at radius 1 is 0.758 bits per heavy atom. The molecule has 5 rings (SSSR count). The van der Waals surface area contributed by atoms with Gasteiger partial charge in [0, 0.05) is 21.2 Å². The predicted molar refractivity (Wildman–Crippen MR) is 131 cm³/mol. The van der Waals surface area contributed by atoms with Crippen molar-refractivity contribution < 1.29 is 5.11 Å². The molecule has 5 aromatic rings. The number of aromatic amines is 1. The minimum atomic E-state index is -0.0915. The molecule has 9 nitrogen and oxygen atoms in total. The van der Waals surface area contributed by atoms with Gasteiger partial charge in [0.15, 0.2) is 5.69 Å². The number of anilines is 4. The Labute approximate surface area is 196 Å². The molecule has 2 heterocycles. The van der Waals surface area contributed by atoms with Gasteiger partial charge in [-0.1, -0.05) is 52.3 Å². The lowest BCUT2D eigenvalue weighted by molar-refractivity contribution is 0.459. The van der Waals surface area contributed by atoms with E-state index >= 15 is 0 Å². The topological polar surface area (TPSA) is 123 Å². The maximum absolute atomic E-state index is 10.3. The summed E-state index contributed by atoms with van der Waals surface area (Å²) in [5.74, 6) is 0.584. The van der Waals surface area contributed by atoms with E-state index in [1.165, 1.54) is 0 Å². The zero-order valence-corrected chi connectivity index (χ0v) is 18.7. The van der Waals surface area contributed by atoms with Crippen LogP contribution in [0.2, 0.25) is 0 Å². The number of aromatic hydroxyl groups is 1. The summed E-state index contributed by atoms with van der Waals surface area (Å²) < 4.78 is 0.856. The molecule has 0 amide bonds. The Hall–Kier alpha value is -4.31. The number of aromatic nitrogens is 4. The van der Waals surface area contributed by atoms with Gasteiger partial charge in [0.05, 0.1) is 5.52 Å². The molecule has 0 bridgehead atoms. The van der Waals surface area contributed by atoms with E-state index in [-0.39, 0.29) is 11.8 Å². The average molecular weight is 501 g/mol. The number of fused-ring (bicyclic) bond motifs is 1. The first-order valence-corrected chi connectivity index (χ1v) is 10.8. The van der Waals surface area contributed by atoms with Crippen LogP contribution in [0.15, 0.2) is 93.6 Å². The molecule has 33 heavy (non-hydrogen) atoms. The summed E-state index contributed by atoms with van der Waals surface area (Å²) in [4.78, 5) is 16.0. The third-order valence-corrected chi connectivity index (χ3v) is 5.13. The lowest BCUT2D eigenvalue weighted by atomic mass is 10.2. The van der Waals surface area contributed by atoms with Crippen LogP contribution in [0.5, 0.6) is 5.88 Å². The minimum absolute atomic E-state index is 0.0746. The molecule has 0 aliphatic heterocycles. The molecule has 162 valence electrons. The highest BCUT2D eigenvalue weighted by Gasteiger charge is 2.12. The average Bonchev–Trinajstić information content (AvgIpc) is 3.13. The Balaban J connectivity index is 1.52.